The maximum Gasteiger partial charge on any atom is 0.287 e. The smallest absolute Gasteiger partial charge is 0.287 e. The Kier molecular flexibility index (Phi) is 4.88. The van der Waals surface area contributed by atoms with E-state index in [0.29, 0.717) is 12.1 Å². The molecule has 4 aromatic rings. The first-order valence-corrected chi connectivity index (χ1v) is 9.19. The van der Waals surface area contributed by atoms with Gasteiger partial charge in [0.1, 0.15) is 17.5 Å². The zero-order chi connectivity index (χ0) is 20.7. The Morgan fingerprint density at radius 3 is 2.52 bits per heavy atom. The van der Waals surface area contributed by atoms with Crippen LogP contribution in [0.15, 0.2) is 45.5 Å². The van der Waals surface area contributed by atoms with Crippen molar-refractivity contribution in [2.24, 2.45) is 0 Å². The van der Waals surface area contributed by atoms with Crippen LogP contribution in [-0.2, 0) is 5.75 Å². The number of aromatic nitrogens is 6. The van der Waals surface area contributed by atoms with Gasteiger partial charge >= 0.3 is 0 Å². The first-order valence-electron chi connectivity index (χ1n) is 7.83. The molecule has 13 heteroatoms. The van der Waals surface area contributed by atoms with E-state index in [1.54, 1.807) is 0 Å². The summed E-state index contributed by atoms with van der Waals surface area (Å²) in [5, 5.41) is 8.00. The molecule has 29 heavy (non-hydrogen) atoms. The number of nitrogens with one attached hydrogen (secondary N) is 1. The van der Waals surface area contributed by atoms with Crippen LogP contribution in [0.3, 0.4) is 0 Å². The summed E-state index contributed by atoms with van der Waals surface area (Å²) in [6.07, 6.45) is 3.34. The molecule has 0 fully saturated rings. The number of benzene rings is 1. The van der Waals surface area contributed by atoms with Gasteiger partial charge in [-0.15, -0.1) is 9.73 Å². The van der Waals surface area contributed by atoms with E-state index < -0.39 is 34.1 Å². The third kappa shape index (κ3) is 3.51. The minimum absolute atomic E-state index is 0.00409. The Bertz CT molecular complexity index is 1330. The molecule has 0 aliphatic heterocycles. The topological polar surface area (TPSA) is 97.9 Å². The molecule has 8 nitrogen and oxygen atoms in total. The van der Waals surface area contributed by atoms with E-state index in [2.05, 4.69) is 20.2 Å². The number of hydrogen-bond donors (Lipinski definition) is 1. The van der Waals surface area contributed by atoms with Gasteiger partial charge in [-0.05, 0) is 0 Å². The Balaban J connectivity index is 1.85. The molecule has 4 rings (SSSR count). The molecule has 0 amide bonds. The van der Waals surface area contributed by atoms with E-state index in [0.717, 1.165) is 27.2 Å². The van der Waals surface area contributed by atoms with E-state index >= 15 is 0 Å². The summed E-state index contributed by atoms with van der Waals surface area (Å²) in [6, 6.07) is 1.11. The highest BCUT2D eigenvalue weighted by atomic mass is 35.5. The summed E-state index contributed by atoms with van der Waals surface area (Å²) in [6.45, 7) is 0. The molecule has 3 aromatic heterocycles. The van der Waals surface area contributed by atoms with Gasteiger partial charge < -0.3 is 4.98 Å². The predicted molar refractivity (Wildman–Crippen MR) is 97.9 cm³/mol. The highest BCUT2D eigenvalue weighted by Gasteiger charge is 2.20. The van der Waals surface area contributed by atoms with Crippen LogP contribution in [0.25, 0.3) is 11.3 Å². The second kappa shape index (κ2) is 7.37. The van der Waals surface area contributed by atoms with Crippen molar-refractivity contribution in [2.75, 3.05) is 0 Å². The van der Waals surface area contributed by atoms with Crippen molar-refractivity contribution < 1.29 is 13.2 Å². The second-order valence-corrected chi connectivity index (χ2v) is 7.01. The summed E-state index contributed by atoms with van der Waals surface area (Å²) in [7, 11) is 0. The van der Waals surface area contributed by atoms with Crippen LogP contribution >= 0.6 is 23.4 Å². The monoisotopic (exact) mass is 440 g/mol. The van der Waals surface area contributed by atoms with Crippen molar-refractivity contribution in [1.82, 2.24) is 29.4 Å². The molecule has 1 N–H and O–H groups in total. The van der Waals surface area contributed by atoms with Crippen LogP contribution in [-0.4, -0.2) is 29.4 Å². The molecule has 1 aromatic carbocycles. The highest BCUT2D eigenvalue weighted by Crippen LogP contribution is 2.26. The minimum Gasteiger partial charge on any atom is -0.324 e. The SMILES string of the molecule is O=c1cnc(-n2c(SCc3c(F)cc(F)cc3F)nn3ncc(Cl)c3c2=O)c[nH]1. The van der Waals surface area contributed by atoms with E-state index in [-0.39, 0.29) is 27.3 Å². The van der Waals surface area contributed by atoms with Crippen LogP contribution < -0.4 is 11.1 Å². The molecule has 0 atom stereocenters. The molecule has 0 radical (unpaired) electrons. The minimum atomic E-state index is -1.07. The maximum atomic E-state index is 13.9. The molecular formula is C16H8ClF3N6O2S. The number of H-pyrrole nitrogens is 1. The van der Waals surface area contributed by atoms with Crippen LogP contribution in [0.2, 0.25) is 5.02 Å². The molecule has 3 heterocycles. The molecule has 0 saturated heterocycles. The van der Waals surface area contributed by atoms with Crippen molar-refractivity contribution in [3.8, 4) is 5.82 Å². The standard InChI is InChI=1S/C16H8ClF3N6O2S/c17-9-3-23-26-14(9)15(28)25(12-4-22-13(27)5-21-12)16(24-26)29-6-8-10(19)1-7(18)2-11(8)20/h1-5H,6H2,(H,22,27). The second-order valence-electron chi connectivity index (χ2n) is 5.66. The van der Waals surface area contributed by atoms with Crippen LogP contribution in [0.4, 0.5) is 13.2 Å². The fraction of sp³-hybridized carbons (Fsp3) is 0.0625. The van der Waals surface area contributed by atoms with Crippen molar-refractivity contribution in [3.05, 3.63) is 79.5 Å². The van der Waals surface area contributed by atoms with Gasteiger partial charge in [0.05, 0.1) is 17.4 Å². The van der Waals surface area contributed by atoms with E-state index in [1.807, 2.05) is 0 Å². The first kappa shape index (κ1) is 19.2. The van der Waals surface area contributed by atoms with E-state index in [4.69, 9.17) is 11.6 Å². The third-order valence-electron chi connectivity index (χ3n) is 3.82. The van der Waals surface area contributed by atoms with Gasteiger partial charge in [-0.25, -0.2) is 22.7 Å². The van der Waals surface area contributed by atoms with Gasteiger partial charge in [0.15, 0.2) is 16.5 Å². The maximum absolute atomic E-state index is 13.9. The van der Waals surface area contributed by atoms with Crippen molar-refractivity contribution in [2.45, 2.75) is 10.9 Å². The summed E-state index contributed by atoms with van der Waals surface area (Å²) in [5.41, 5.74) is -1.61. The molecule has 0 bridgehead atoms. The normalized spacial score (nSPS) is 11.3. The molecule has 0 spiro atoms. The molecule has 0 saturated carbocycles. The Hall–Kier alpha value is -3.12. The van der Waals surface area contributed by atoms with Crippen LogP contribution in [0, 0.1) is 17.5 Å². The van der Waals surface area contributed by atoms with Crippen LogP contribution in [0.5, 0.6) is 0 Å². The lowest BCUT2D eigenvalue weighted by Crippen LogP contribution is -2.26. The summed E-state index contributed by atoms with van der Waals surface area (Å²) >= 11 is 6.77. The Morgan fingerprint density at radius 2 is 1.86 bits per heavy atom. The average Bonchev–Trinajstić information content (AvgIpc) is 3.03. The van der Waals surface area contributed by atoms with Crippen molar-refractivity contribution >= 4 is 28.9 Å². The predicted octanol–water partition coefficient (Wildman–Crippen LogP) is 2.33. The van der Waals surface area contributed by atoms with Gasteiger partial charge in [-0.1, -0.05) is 23.4 Å². The zero-order valence-electron chi connectivity index (χ0n) is 14.1. The number of fused-ring (bicyclic) bond motifs is 1. The largest absolute Gasteiger partial charge is 0.324 e. The summed E-state index contributed by atoms with van der Waals surface area (Å²) in [5.74, 6) is -3.50. The number of aromatic amines is 1. The number of nitrogens with zero attached hydrogens (tertiary/aromatic N) is 5. The Morgan fingerprint density at radius 1 is 1.14 bits per heavy atom. The summed E-state index contributed by atoms with van der Waals surface area (Å²) < 4.78 is 43.0. The quantitative estimate of drug-likeness (QED) is 0.489. The van der Waals surface area contributed by atoms with E-state index in [9.17, 15) is 22.8 Å². The zero-order valence-corrected chi connectivity index (χ0v) is 15.6. The van der Waals surface area contributed by atoms with Crippen LogP contribution in [0.1, 0.15) is 5.56 Å². The van der Waals surface area contributed by atoms with Gasteiger partial charge in [-0.3, -0.25) is 9.59 Å². The number of halogens is 4. The highest BCUT2D eigenvalue weighted by molar-refractivity contribution is 7.98. The molecule has 0 unspecified atom stereocenters. The fourth-order valence-electron chi connectivity index (χ4n) is 2.50. The van der Waals surface area contributed by atoms with Gasteiger partial charge in [-0.2, -0.15) is 5.10 Å². The lowest BCUT2D eigenvalue weighted by atomic mass is 10.2. The third-order valence-corrected chi connectivity index (χ3v) is 5.05. The van der Waals surface area contributed by atoms with Gasteiger partial charge in [0.25, 0.3) is 11.1 Å². The number of rotatable bonds is 4. The molecule has 148 valence electrons. The molecular weight excluding hydrogens is 433 g/mol. The lowest BCUT2D eigenvalue weighted by Gasteiger charge is -2.11. The molecule has 0 aliphatic carbocycles. The Labute approximate surface area is 168 Å². The first-order chi connectivity index (χ1) is 13.8. The van der Waals surface area contributed by atoms with Gasteiger partial charge in [0, 0.05) is 29.6 Å². The van der Waals surface area contributed by atoms with Crippen molar-refractivity contribution in [3.63, 3.8) is 0 Å². The number of hydrogen-bond acceptors (Lipinski definition) is 6. The van der Waals surface area contributed by atoms with Crippen molar-refractivity contribution in [1.29, 1.82) is 0 Å². The average molecular weight is 441 g/mol. The molecule has 0 aliphatic rings. The van der Waals surface area contributed by atoms with E-state index in [1.165, 1.54) is 12.4 Å². The fourth-order valence-corrected chi connectivity index (χ4v) is 3.69. The van der Waals surface area contributed by atoms with Gasteiger partial charge in [0.2, 0.25) is 0 Å². The summed E-state index contributed by atoms with van der Waals surface area (Å²) in [4.78, 5) is 30.5. The number of thioether (sulfide) groups is 1. The lowest BCUT2D eigenvalue weighted by molar-refractivity contribution is 0.531.